The van der Waals surface area contributed by atoms with Gasteiger partial charge >= 0.3 is 6.18 Å². The van der Waals surface area contributed by atoms with Gasteiger partial charge in [-0.15, -0.1) is 0 Å². The molecule has 1 N–H and O–H groups in total. The van der Waals surface area contributed by atoms with E-state index in [9.17, 15) is 13.2 Å². The molecule has 2 rings (SSSR count). The Kier molecular flexibility index (Phi) is 4.57. The minimum absolute atomic E-state index is 0.0840. The third-order valence-electron chi connectivity index (χ3n) is 4.54. The molecule has 0 spiro atoms. The molecule has 4 unspecified atom stereocenters. The lowest BCUT2D eigenvalue weighted by molar-refractivity contribution is -0.184. The zero-order valence-electron chi connectivity index (χ0n) is 11.1. The van der Waals surface area contributed by atoms with Crippen LogP contribution in [0.2, 0.25) is 0 Å². The van der Waals surface area contributed by atoms with Crippen LogP contribution >= 0.6 is 0 Å². The van der Waals surface area contributed by atoms with E-state index in [2.05, 4.69) is 12.2 Å². The van der Waals surface area contributed by atoms with Gasteiger partial charge in [0.05, 0.1) is 5.92 Å². The summed E-state index contributed by atoms with van der Waals surface area (Å²) < 4.78 is 38.2. The summed E-state index contributed by atoms with van der Waals surface area (Å²) in [4.78, 5) is 0. The summed E-state index contributed by atoms with van der Waals surface area (Å²) in [7, 11) is 0. The Morgan fingerprint density at radius 1 is 0.889 bits per heavy atom. The van der Waals surface area contributed by atoms with Crippen molar-refractivity contribution in [1.29, 1.82) is 0 Å². The van der Waals surface area contributed by atoms with Gasteiger partial charge in [0.1, 0.15) is 0 Å². The summed E-state index contributed by atoms with van der Waals surface area (Å²) >= 11 is 0. The van der Waals surface area contributed by atoms with E-state index in [1.807, 2.05) is 0 Å². The number of rotatable bonds is 2. The number of hydrogen-bond acceptors (Lipinski definition) is 1. The Hall–Kier alpha value is -0.250. The molecular formula is C14H24F3N. The van der Waals surface area contributed by atoms with Gasteiger partial charge in [0, 0.05) is 12.1 Å². The lowest BCUT2D eigenvalue weighted by Gasteiger charge is -2.36. The first-order valence-corrected chi connectivity index (χ1v) is 7.28. The van der Waals surface area contributed by atoms with Crippen LogP contribution in [0.4, 0.5) is 13.2 Å². The van der Waals surface area contributed by atoms with Crippen molar-refractivity contribution >= 4 is 0 Å². The minimum atomic E-state index is -4.00. The zero-order valence-corrected chi connectivity index (χ0v) is 11.1. The second kappa shape index (κ2) is 5.81. The van der Waals surface area contributed by atoms with E-state index >= 15 is 0 Å². The lowest BCUT2D eigenvalue weighted by atomic mass is 9.82. The first kappa shape index (κ1) is 14.2. The molecule has 0 aromatic heterocycles. The highest BCUT2D eigenvalue weighted by atomic mass is 19.4. The van der Waals surface area contributed by atoms with Crippen molar-refractivity contribution < 1.29 is 13.2 Å². The van der Waals surface area contributed by atoms with Crippen LogP contribution in [0.5, 0.6) is 0 Å². The van der Waals surface area contributed by atoms with Gasteiger partial charge in [-0.2, -0.15) is 13.2 Å². The summed E-state index contributed by atoms with van der Waals surface area (Å²) in [6.07, 6.45) is 2.99. The van der Waals surface area contributed by atoms with E-state index in [1.54, 1.807) is 0 Å². The Morgan fingerprint density at radius 3 is 2.11 bits per heavy atom. The third-order valence-corrected chi connectivity index (χ3v) is 4.54. The third kappa shape index (κ3) is 3.87. The zero-order chi connectivity index (χ0) is 13.2. The van der Waals surface area contributed by atoms with Crippen molar-refractivity contribution in [2.75, 3.05) is 0 Å². The maximum Gasteiger partial charge on any atom is 0.391 e. The maximum atomic E-state index is 12.7. The predicted molar refractivity (Wildman–Crippen MR) is 66.4 cm³/mol. The van der Waals surface area contributed by atoms with Crippen LogP contribution in [-0.2, 0) is 0 Å². The lowest BCUT2D eigenvalue weighted by Crippen LogP contribution is -2.45. The van der Waals surface area contributed by atoms with E-state index in [1.165, 1.54) is 12.8 Å². The SMILES string of the molecule is CC1CCCC(NC2CCCC(C(F)(F)F)C2)C1. The standard InChI is InChI=1S/C14H24F3N/c1-10-4-2-6-12(8-10)18-13-7-3-5-11(9-13)14(15,16)17/h10-13,18H,2-9H2,1H3. The minimum Gasteiger partial charge on any atom is -0.311 e. The topological polar surface area (TPSA) is 12.0 Å². The van der Waals surface area contributed by atoms with E-state index < -0.39 is 12.1 Å². The second-order valence-corrected chi connectivity index (χ2v) is 6.24. The Labute approximate surface area is 108 Å². The van der Waals surface area contributed by atoms with E-state index in [0.717, 1.165) is 25.2 Å². The number of alkyl halides is 3. The van der Waals surface area contributed by atoms with Gasteiger partial charge in [-0.25, -0.2) is 0 Å². The van der Waals surface area contributed by atoms with Gasteiger partial charge in [0.25, 0.3) is 0 Å². The maximum absolute atomic E-state index is 12.7. The summed E-state index contributed by atoms with van der Waals surface area (Å²) in [5.41, 5.74) is 0. The van der Waals surface area contributed by atoms with Crippen LogP contribution in [0.25, 0.3) is 0 Å². The molecular weight excluding hydrogens is 239 g/mol. The first-order valence-electron chi connectivity index (χ1n) is 7.28. The fraction of sp³-hybridized carbons (Fsp3) is 1.00. The van der Waals surface area contributed by atoms with Crippen LogP contribution in [0.3, 0.4) is 0 Å². The molecule has 2 saturated carbocycles. The fourth-order valence-electron chi connectivity index (χ4n) is 3.56. The first-order chi connectivity index (χ1) is 8.45. The van der Waals surface area contributed by atoms with Gasteiger partial charge in [0.2, 0.25) is 0 Å². The van der Waals surface area contributed by atoms with Gasteiger partial charge in [-0.05, 0) is 38.0 Å². The Morgan fingerprint density at radius 2 is 1.50 bits per heavy atom. The van der Waals surface area contributed by atoms with Crippen LogP contribution < -0.4 is 5.32 Å². The molecule has 0 radical (unpaired) electrons. The number of halogens is 3. The van der Waals surface area contributed by atoms with Crippen molar-refractivity contribution in [1.82, 2.24) is 5.32 Å². The van der Waals surface area contributed by atoms with Gasteiger partial charge < -0.3 is 5.32 Å². The van der Waals surface area contributed by atoms with Crippen molar-refractivity contribution in [3.05, 3.63) is 0 Å². The molecule has 0 aromatic carbocycles. The van der Waals surface area contributed by atoms with E-state index in [4.69, 9.17) is 0 Å². The molecule has 0 saturated heterocycles. The second-order valence-electron chi connectivity index (χ2n) is 6.24. The highest BCUT2D eigenvalue weighted by Gasteiger charge is 2.42. The van der Waals surface area contributed by atoms with Gasteiger partial charge in [-0.3, -0.25) is 0 Å². The molecule has 0 amide bonds. The summed E-state index contributed by atoms with van der Waals surface area (Å²) in [5.74, 6) is -0.358. The largest absolute Gasteiger partial charge is 0.391 e. The molecule has 4 heteroatoms. The van der Waals surface area contributed by atoms with Crippen LogP contribution in [-0.4, -0.2) is 18.3 Å². The van der Waals surface area contributed by atoms with Gasteiger partial charge in [-0.1, -0.05) is 26.2 Å². The molecule has 2 fully saturated rings. The molecule has 18 heavy (non-hydrogen) atoms. The number of nitrogens with one attached hydrogen (secondary N) is 1. The van der Waals surface area contributed by atoms with Crippen LogP contribution in [0.15, 0.2) is 0 Å². The molecule has 4 atom stereocenters. The normalized spacial score (nSPS) is 38.7. The van der Waals surface area contributed by atoms with Crippen molar-refractivity contribution in [2.24, 2.45) is 11.8 Å². The Balaban J connectivity index is 1.82. The van der Waals surface area contributed by atoms with E-state index in [0.29, 0.717) is 18.9 Å². The summed E-state index contributed by atoms with van der Waals surface area (Å²) in [6, 6.07) is 0.534. The summed E-state index contributed by atoms with van der Waals surface area (Å²) in [6.45, 7) is 2.24. The smallest absolute Gasteiger partial charge is 0.311 e. The quantitative estimate of drug-likeness (QED) is 0.784. The van der Waals surface area contributed by atoms with Crippen molar-refractivity contribution in [3.63, 3.8) is 0 Å². The van der Waals surface area contributed by atoms with Crippen molar-refractivity contribution in [3.8, 4) is 0 Å². The monoisotopic (exact) mass is 263 g/mol. The highest BCUT2D eigenvalue weighted by molar-refractivity contribution is 4.85. The highest BCUT2D eigenvalue weighted by Crippen LogP contribution is 2.38. The Bertz CT molecular complexity index is 264. The van der Waals surface area contributed by atoms with Crippen LogP contribution in [0.1, 0.15) is 58.3 Å². The average molecular weight is 263 g/mol. The molecule has 0 aliphatic heterocycles. The molecule has 2 aliphatic rings. The molecule has 0 bridgehead atoms. The summed E-state index contributed by atoms with van der Waals surface area (Å²) in [5, 5.41) is 3.49. The number of hydrogen-bond donors (Lipinski definition) is 1. The van der Waals surface area contributed by atoms with E-state index in [-0.39, 0.29) is 12.5 Å². The average Bonchev–Trinajstić information content (AvgIpc) is 2.28. The molecule has 0 aromatic rings. The molecule has 1 nitrogen and oxygen atoms in total. The predicted octanol–water partition coefficient (Wildman–Crippen LogP) is 4.28. The molecule has 106 valence electrons. The van der Waals surface area contributed by atoms with Crippen molar-refractivity contribution in [2.45, 2.75) is 76.6 Å². The van der Waals surface area contributed by atoms with Crippen LogP contribution in [0, 0.1) is 11.8 Å². The molecule has 2 aliphatic carbocycles. The fourth-order valence-corrected chi connectivity index (χ4v) is 3.56. The van der Waals surface area contributed by atoms with Gasteiger partial charge in [0.15, 0.2) is 0 Å². The molecule has 0 heterocycles.